The first-order valence-corrected chi connectivity index (χ1v) is 6.15. The van der Waals surface area contributed by atoms with Crippen molar-refractivity contribution in [2.24, 2.45) is 0 Å². The van der Waals surface area contributed by atoms with Gasteiger partial charge >= 0.3 is 0 Å². The SMILES string of the molecule is CC1(OCC(=O)N2CCn3cnnc3C2)CNC1. The summed E-state index contributed by atoms with van der Waals surface area (Å²) in [6.45, 7) is 5.77. The molecule has 3 rings (SSSR count). The van der Waals surface area contributed by atoms with Gasteiger partial charge in [0, 0.05) is 26.2 Å². The minimum atomic E-state index is -0.175. The lowest BCUT2D eigenvalue weighted by Gasteiger charge is -2.39. The van der Waals surface area contributed by atoms with Crippen LogP contribution in [0.1, 0.15) is 12.7 Å². The Morgan fingerprint density at radius 3 is 3.11 bits per heavy atom. The molecule has 18 heavy (non-hydrogen) atoms. The minimum absolute atomic E-state index is 0.0253. The molecule has 0 bridgehead atoms. The Labute approximate surface area is 105 Å². The van der Waals surface area contributed by atoms with Crippen molar-refractivity contribution >= 4 is 5.91 Å². The molecule has 1 aromatic heterocycles. The lowest BCUT2D eigenvalue weighted by Crippen LogP contribution is -2.59. The average molecular weight is 251 g/mol. The number of nitrogens with zero attached hydrogens (tertiary/aromatic N) is 4. The maximum absolute atomic E-state index is 12.0. The molecule has 0 spiro atoms. The molecule has 0 unspecified atom stereocenters. The number of carbonyl (C=O) groups excluding carboxylic acids is 1. The third kappa shape index (κ3) is 2.11. The standard InChI is InChI=1S/C11H17N5O2/c1-11(6-12-7-11)18-5-10(17)15-2-3-16-8-13-14-9(16)4-15/h8,12H,2-7H2,1H3. The number of nitrogens with one attached hydrogen (secondary N) is 1. The average Bonchev–Trinajstić information content (AvgIpc) is 2.80. The Hall–Kier alpha value is -1.47. The summed E-state index contributed by atoms with van der Waals surface area (Å²) in [6.07, 6.45) is 1.70. The van der Waals surface area contributed by atoms with Gasteiger partial charge in [0.15, 0.2) is 5.82 Å². The van der Waals surface area contributed by atoms with Crippen molar-refractivity contribution in [1.82, 2.24) is 25.0 Å². The van der Waals surface area contributed by atoms with Crippen LogP contribution in [0, 0.1) is 0 Å². The molecule has 7 heteroatoms. The van der Waals surface area contributed by atoms with E-state index in [4.69, 9.17) is 4.74 Å². The zero-order valence-electron chi connectivity index (χ0n) is 10.4. The Bertz CT molecular complexity index is 454. The van der Waals surface area contributed by atoms with E-state index in [9.17, 15) is 4.79 Å². The van der Waals surface area contributed by atoms with Gasteiger partial charge in [-0.15, -0.1) is 10.2 Å². The van der Waals surface area contributed by atoms with Crippen molar-refractivity contribution in [2.45, 2.75) is 25.6 Å². The largest absolute Gasteiger partial charge is 0.363 e. The van der Waals surface area contributed by atoms with E-state index in [1.54, 1.807) is 11.2 Å². The second-order valence-electron chi connectivity index (χ2n) is 5.10. The zero-order valence-corrected chi connectivity index (χ0v) is 10.4. The molecular formula is C11H17N5O2. The summed E-state index contributed by atoms with van der Waals surface area (Å²) in [7, 11) is 0. The number of hydrogen-bond donors (Lipinski definition) is 1. The molecule has 0 radical (unpaired) electrons. The van der Waals surface area contributed by atoms with Crippen LogP contribution in [-0.4, -0.2) is 57.4 Å². The molecular weight excluding hydrogens is 234 g/mol. The van der Waals surface area contributed by atoms with Gasteiger partial charge < -0.3 is 19.5 Å². The van der Waals surface area contributed by atoms with E-state index in [0.29, 0.717) is 13.1 Å². The highest BCUT2D eigenvalue weighted by atomic mass is 16.5. The molecule has 2 aliphatic heterocycles. The van der Waals surface area contributed by atoms with E-state index in [0.717, 1.165) is 25.5 Å². The second-order valence-corrected chi connectivity index (χ2v) is 5.10. The summed E-state index contributed by atoms with van der Waals surface area (Å²) in [5.41, 5.74) is -0.175. The van der Waals surface area contributed by atoms with Gasteiger partial charge in [-0.1, -0.05) is 0 Å². The molecule has 1 fully saturated rings. The number of hydrogen-bond acceptors (Lipinski definition) is 5. The van der Waals surface area contributed by atoms with Crippen molar-refractivity contribution in [3.05, 3.63) is 12.2 Å². The first-order chi connectivity index (χ1) is 8.66. The molecule has 1 N–H and O–H groups in total. The van der Waals surface area contributed by atoms with Crippen molar-refractivity contribution < 1.29 is 9.53 Å². The molecule has 7 nitrogen and oxygen atoms in total. The number of aromatic nitrogens is 3. The van der Waals surface area contributed by atoms with E-state index in [2.05, 4.69) is 15.5 Å². The summed E-state index contributed by atoms with van der Waals surface area (Å²) in [5, 5.41) is 11.0. The Kier molecular flexibility index (Phi) is 2.79. The van der Waals surface area contributed by atoms with Crippen LogP contribution in [0.4, 0.5) is 0 Å². The number of ether oxygens (including phenoxy) is 1. The molecule has 0 saturated carbocycles. The predicted molar refractivity (Wildman–Crippen MR) is 62.7 cm³/mol. The van der Waals surface area contributed by atoms with E-state index in [1.807, 2.05) is 11.5 Å². The maximum atomic E-state index is 12.0. The molecule has 2 aliphatic rings. The lowest BCUT2D eigenvalue weighted by molar-refractivity contribution is -0.147. The van der Waals surface area contributed by atoms with Crippen molar-refractivity contribution in [2.75, 3.05) is 26.2 Å². The zero-order chi connectivity index (χ0) is 12.6. The molecule has 0 aliphatic carbocycles. The van der Waals surface area contributed by atoms with E-state index in [1.165, 1.54) is 0 Å². The fourth-order valence-electron chi connectivity index (χ4n) is 2.19. The van der Waals surface area contributed by atoms with Crippen molar-refractivity contribution in [1.29, 1.82) is 0 Å². The minimum Gasteiger partial charge on any atom is -0.363 e. The molecule has 98 valence electrons. The summed E-state index contributed by atoms with van der Waals surface area (Å²) in [6, 6.07) is 0. The van der Waals surface area contributed by atoms with Crippen LogP contribution >= 0.6 is 0 Å². The van der Waals surface area contributed by atoms with Crippen LogP contribution < -0.4 is 5.32 Å². The molecule has 1 amide bonds. The normalized spacial score (nSPS) is 21.3. The molecule has 0 aromatic carbocycles. The van der Waals surface area contributed by atoms with Crippen LogP contribution in [0.3, 0.4) is 0 Å². The van der Waals surface area contributed by atoms with Gasteiger partial charge in [0.1, 0.15) is 12.9 Å². The topological polar surface area (TPSA) is 72.3 Å². The van der Waals surface area contributed by atoms with E-state index >= 15 is 0 Å². The maximum Gasteiger partial charge on any atom is 0.249 e. The van der Waals surface area contributed by atoms with Crippen LogP contribution in [-0.2, 0) is 22.6 Å². The van der Waals surface area contributed by atoms with Crippen LogP contribution in [0.5, 0.6) is 0 Å². The van der Waals surface area contributed by atoms with Crippen LogP contribution in [0.25, 0.3) is 0 Å². The number of amides is 1. The molecule has 1 aromatic rings. The second kappa shape index (κ2) is 4.33. The highest BCUT2D eigenvalue weighted by Gasteiger charge is 2.34. The fraction of sp³-hybridized carbons (Fsp3) is 0.727. The highest BCUT2D eigenvalue weighted by molar-refractivity contribution is 5.77. The fourth-order valence-corrected chi connectivity index (χ4v) is 2.19. The summed E-state index contributed by atoms with van der Waals surface area (Å²) in [5.74, 6) is 0.864. The first-order valence-electron chi connectivity index (χ1n) is 6.15. The van der Waals surface area contributed by atoms with Gasteiger partial charge in [0.25, 0.3) is 0 Å². The van der Waals surface area contributed by atoms with Crippen LogP contribution in [0.2, 0.25) is 0 Å². The van der Waals surface area contributed by atoms with Gasteiger partial charge in [0.2, 0.25) is 5.91 Å². The van der Waals surface area contributed by atoms with Gasteiger partial charge in [0.05, 0.1) is 12.1 Å². The number of carbonyl (C=O) groups is 1. The first kappa shape index (κ1) is 11.6. The Morgan fingerprint density at radius 1 is 1.56 bits per heavy atom. The van der Waals surface area contributed by atoms with Gasteiger partial charge in [-0.05, 0) is 6.92 Å². The smallest absolute Gasteiger partial charge is 0.249 e. The monoisotopic (exact) mass is 251 g/mol. The van der Waals surface area contributed by atoms with Crippen molar-refractivity contribution in [3.8, 4) is 0 Å². The van der Waals surface area contributed by atoms with Gasteiger partial charge in [-0.2, -0.15) is 0 Å². The predicted octanol–water partition coefficient (Wildman–Crippen LogP) is -1.00. The van der Waals surface area contributed by atoms with Crippen molar-refractivity contribution in [3.63, 3.8) is 0 Å². The third-order valence-electron chi connectivity index (χ3n) is 3.53. The summed E-state index contributed by atoms with van der Waals surface area (Å²) >= 11 is 0. The summed E-state index contributed by atoms with van der Waals surface area (Å²) in [4.78, 5) is 13.8. The Morgan fingerprint density at radius 2 is 2.39 bits per heavy atom. The highest BCUT2D eigenvalue weighted by Crippen LogP contribution is 2.16. The lowest BCUT2D eigenvalue weighted by atomic mass is 10.0. The molecule has 1 saturated heterocycles. The quantitative estimate of drug-likeness (QED) is 0.746. The third-order valence-corrected chi connectivity index (χ3v) is 3.53. The molecule has 3 heterocycles. The van der Waals surface area contributed by atoms with Crippen LogP contribution in [0.15, 0.2) is 6.33 Å². The number of rotatable bonds is 3. The van der Waals surface area contributed by atoms with Gasteiger partial charge in [-0.3, -0.25) is 4.79 Å². The number of fused-ring (bicyclic) bond motifs is 1. The summed E-state index contributed by atoms with van der Waals surface area (Å²) < 4.78 is 7.63. The Balaban J connectivity index is 1.54. The van der Waals surface area contributed by atoms with Gasteiger partial charge in [-0.25, -0.2) is 0 Å². The van der Waals surface area contributed by atoms with E-state index in [-0.39, 0.29) is 18.1 Å². The molecule has 0 atom stereocenters. The van der Waals surface area contributed by atoms with E-state index < -0.39 is 0 Å².